The van der Waals surface area contributed by atoms with Crippen molar-refractivity contribution in [3.05, 3.63) is 29.8 Å². The van der Waals surface area contributed by atoms with Crippen molar-refractivity contribution in [3.63, 3.8) is 0 Å². The van der Waals surface area contributed by atoms with Gasteiger partial charge in [-0.05, 0) is 30.8 Å². The van der Waals surface area contributed by atoms with Crippen LogP contribution in [0.25, 0.3) is 0 Å². The Labute approximate surface area is 105 Å². The van der Waals surface area contributed by atoms with Crippen molar-refractivity contribution in [3.8, 4) is 0 Å². The molecule has 1 unspecified atom stereocenters. The van der Waals surface area contributed by atoms with E-state index in [0.717, 1.165) is 13.1 Å². The molecule has 17 heavy (non-hydrogen) atoms. The summed E-state index contributed by atoms with van der Waals surface area (Å²) < 4.78 is 0. The molecule has 1 aromatic carbocycles. The van der Waals surface area contributed by atoms with Gasteiger partial charge in [-0.1, -0.05) is 26.0 Å². The highest BCUT2D eigenvalue weighted by Crippen LogP contribution is 2.22. The topological polar surface area (TPSA) is 32.5 Å². The van der Waals surface area contributed by atoms with E-state index in [4.69, 9.17) is 5.73 Å². The number of rotatable bonds is 6. The zero-order valence-corrected chi connectivity index (χ0v) is 11.5. The van der Waals surface area contributed by atoms with E-state index in [9.17, 15) is 0 Å². The quantitative estimate of drug-likeness (QED) is 0.819. The molecule has 0 spiro atoms. The van der Waals surface area contributed by atoms with Gasteiger partial charge in [-0.15, -0.1) is 0 Å². The average molecular weight is 235 g/mol. The van der Waals surface area contributed by atoms with Crippen molar-refractivity contribution in [2.24, 2.45) is 5.73 Å². The third kappa shape index (κ3) is 3.45. The Balaban J connectivity index is 2.89. The Kier molecular flexibility index (Phi) is 5.45. The van der Waals surface area contributed by atoms with Crippen LogP contribution in [0.15, 0.2) is 24.3 Å². The Morgan fingerprint density at radius 1 is 1.06 bits per heavy atom. The monoisotopic (exact) mass is 235 g/mol. The first-order chi connectivity index (χ1) is 8.13. The van der Waals surface area contributed by atoms with Gasteiger partial charge in [-0.3, -0.25) is 4.90 Å². The van der Waals surface area contributed by atoms with Crippen LogP contribution in [0.4, 0.5) is 5.69 Å². The predicted octanol–water partition coefficient (Wildman–Crippen LogP) is 2.09. The van der Waals surface area contributed by atoms with Gasteiger partial charge in [0.15, 0.2) is 0 Å². The summed E-state index contributed by atoms with van der Waals surface area (Å²) >= 11 is 0. The number of nitrogens with two attached hydrogens (primary N) is 1. The number of likely N-dealkylation sites (N-methyl/N-ethyl adjacent to an activating group) is 1. The normalized spacial score (nSPS) is 12.8. The van der Waals surface area contributed by atoms with Crippen LogP contribution in [0.5, 0.6) is 0 Å². The maximum Gasteiger partial charge on any atom is 0.0470 e. The fourth-order valence-electron chi connectivity index (χ4n) is 2.15. The number of hydrogen-bond donors (Lipinski definition) is 1. The van der Waals surface area contributed by atoms with Crippen LogP contribution in [0.3, 0.4) is 0 Å². The third-order valence-electron chi connectivity index (χ3n) is 3.27. The molecule has 0 heterocycles. The second-order valence-electron chi connectivity index (χ2n) is 4.46. The lowest BCUT2D eigenvalue weighted by Gasteiger charge is -2.29. The molecule has 0 bridgehead atoms. The van der Waals surface area contributed by atoms with Gasteiger partial charge >= 0.3 is 0 Å². The summed E-state index contributed by atoms with van der Waals surface area (Å²) in [7, 11) is 4.11. The second-order valence-corrected chi connectivity index (χ2v) is 4.46. The molecule has 2 N–H and O–H groups in total. The lowest BCUT2D eigenvalue weighted by molar-refractivity contribution is 0.224. The van der Waals surface area contributed by atoms with Crippen LogP contribution < -0.4 is 10.6 Å². The van der Waals surface area contributed by atoms with Crippen LogP contribution in [-0.4, -0.2) is 38.6 Å². The molecule has 0 aromatic heterocycles. The highest BCUT2D eigenvalue weighted by molar-refractivity contribution is 5.46. The summed E-state index contributed by atoms with van der Waals surface area (Å²) in [6.45, 7) is 7.10. The maximum absolute atomic E-state index is 5.90. The molecule has 1 aromatic rings. The number of benzene rings is 1. The third-order valence-corrected chi connectivity index (χ3v) is 3.27. The van der Waals surface area contributed by atoms with Crippen LogP contribution in [0.2, 0.25) is 0 Å². The van der Waals surface area contributed by atoms with Crippen LogP contribution in [-0.2, 0) is 0 Å². The molecule has 0 aliphatic carbocycles. The largest absolute Gasteiger partial charge is 0.378 e. The first-order valence-corrected chi connectivity index (χ1v) is 6.35. The smallest absolute Gasteiger partial charge is 0.0470 e. The summed E-state index contributed by atoms with van der Waals surface area (Å²) in [6.07, 6.45) is 0. The molecule has 1 atom stereocenters. The minimum absolute atomic E-state index is 0.334. The zero-order chi connectivity index (χ0) is 12.8. The van der Waals surface area contributed by atoms with Crippen molar-refractivity contribution < 1.29 is 0 Å². The van der Waals surface area contributed by atoms with Crippen molar-refractivity contribution in [1.82, 2.24) is 4.90 Å². The molecule has 3 nitrogen and oxygen atoms in total. The SMILES string of the molecule is CCN(CC)C(CN)c1ccc(N(C)C)cc1. The molecule has 0 fully saturated rings. The van der Waals surface area contributed by atoms with E-state index in [0.29, 0.717) is 12.6 Å². The van der Waals surface area contributed by atoms with Crippen molar-refractivity contribution in [1.29, 1.82) is 0 Å². The van der Waals surface area contributed by atoms with Crippen LogP contribution in [0, 0.1) is 0 Å². The van der Waals surface area contributed by atoms with Crippen molar-refractivity contribution in [2.45, 2.75) is 19.9 Å². The summed E-state index contributed by atoms with van der Waals surface area (Å²) in [5.74, 6) is 0. The van der Waals surface area contributed by atoms with Gasteiger partial charge in [0.1, 0.15) is 0 Å². The Hall–Kier alpha value is -1.06. The molecule has 0 saturated carbocycles. The van der Waals surface area contributed by atoms with E-state index in [1.807, 2.05) is 0 Å². The van der Waals surface area contributed by atoms with Gasteiger partial charge in [0.2, 0.25) is 0 Å². The summed E-state index contributed by atoms with van der Waals surface area (Å²) in [5.41, 5.74) is 8.44. The predicted molar refractivity (Wildman–Crippen MR) is 75.5 cm³/mol. The molecule has 96 valence electrons. The van der Waals surface area contributed by atoms with Gasteiger partial charge in [0, 0.05) is 32.4 Å². The van der Waals surface area contributed by atoms with E-state index in [2.05, 4.69) is 62.0 Å². The lowest BCUT2D eigenvalue weighted by atomic mass is 10.0. The first-order valence-electron chi connectivity index (χ1n) is 6.35. The Morgan fingerprint density at radius 3 is 1.94 bits per heavy atom. The molecule has 0 radical (unpaired) electrons. The van der Waals surface area contributed by atoms with E-state index in [1.165, 1.54) is 11.3 Å². The van der Waals surface area contributed by atoms with Gasteiger partial charge in [-0.25, -0.2) is 0 Å². The van der Waals surface area contributed by atoms with Gasteiger partial charge < -0.3 is 10.6 Å². The van der Waals surface area contributed by atoms with E-state index < -0.39 is 0 Å². The number of nitrogens with zero attached hydrogens (tertiary/aromatic N) is 2. The molecular formula is C14H25N3. The highest BCUT2D eigenvalue weighted by Gasteiger charge is 2.15. The number of hydrogen-bond acceptors (Lipinski definition) is 3. The summed E-state index contributed by atoms with van der Waals surface area (Å²) in [6, 6.07) is 9.01. The minimum atomic E-state index is 0.334. The Bertz CT molecular complexity index is 315. The molecule has 0 aliphatic rings. The van der Waals surface area contributed by atoms with E-state index in [1.54, 1.807) is 0 Å². The van der Waals surface area contributed by atoms with Crippen LogP contribution >= 0.6 is 0 Å². The minimum Gasteiger partial charge on any atom is -0.378 e. The zero-order valence-electron chi connectivity index (χ0n) is 11.5. The van der Waals surface area contributed by atoms with E-state index in [-0.39, 0.29) is 0 Å². The molecular weight excluding hydrogens is 210 g/mol. The van der Waals surface area contributed by atoms with Gasteiger partial charge in [-0.2, -0.15) is 0 Å². The number of anilines is 1. The molecule has 0 saturated heterocycles. The van der Waals surface area contributed by atoms with E-state index >= 15 is 0 Å². The summed E-state index contributed by atoms with van der Waals surface area (Å²) in [4.78, 5) is 4.50. The van der Waals surface area contributed by atoms with Crippen molar-refractivity contribution >= 4 is 5.69 Å². The maximum atomic E-state index is 5.90. The lowest BCUT2D eigenvalue weighted by Crippen LogP contribution is -2.33. The van der Waals surface area contributed by atoms with Gasteiger partial charge in [0.25, 0.3) is 0 Å². The molecule has 3 heteroatoms. The fourth-order valence-corrected chi connectivity index (χ4v) is 2.15. The van der Waals surface area contributed by atoms with Crippen LogP contribution in [0.1, 0.15) is 25.5 Å². The molecule has 0 aliphatic heterocycles. The highest BCUT2D eigenvalue weighted by atomic mass is 15.2. The molecule has 1 rings (SSSR count). The molecule has 0 amide bonds. The fraction of sp³-hybridized carbons (Fsp3) is 0.571. The Morgan fingerprint density at radius 2 is 1.59 bits per heavy atom. The summed E-state index contributed by atoms with van der Waals surface area (Å²) in [5, 5.41) is 0. The van der Waals surface area contributed by atoms with Crippen molar-refractivity contribution in [2.75, 3.05) is 38.6 Å². The average Bonchev–Trinajstić information content (AvgIpc) is 2.36. The second kappa shape index (κ2) is 6.62. The first kappa shape index (κ1) is 14.0. The standard InChI is InChI=1S/C14H25N3/c1-5-17(6-2)14(11-15)12-7-9-13(10-8-12)16(3)4/h7-10,14H,5-6,11,15H2,1-4H3. The van der Waals surface area contributed by atoms with Gasteiger partial charge in [0.05, 0.1) is 0 Å².